The van der Waals surface area contributed by atoms with Crippen LogP contribution in [0, 0.1) is 11.8 Å². The Kier molecular flexibility index (Phi) is 5.79. The van der Waals surface area contributed by atoms with Crippen molar-refractivity contribution in [2.24, 2.45) is 17.6 Å². The molecule has 3 amide bonds. The number of hydrogen-bond acceptors (Lipinski definition) is 3. The third-order valence-corrected chi connectivity index (χ3v) is 3.33. The van der Waals surface area contributed by atoms with Crippen molar-refractivity contribution in [3.05, 3.63) is 0 Å². The van der Waals surface area contributed by atoms with Gasteiger partial charge in [0.25, 0.3) is 0 Å². The largest absolute Gasteiger partial charge is 0.481 e. The first kappa shape index (κ1) is 16.3. The van der Waals surface area contributed by atoms with Crippen molar-refractivity contribution in [1.29, 1.82) is 0 Å². The van der Waals surface area contributed by atoms with Crippen molar-refractivity contribution in [2.75, 3.05) is 13.1 Å². The Balaban J connectivity index is 2.53. The van der Waals surface area contributed by atoms with Gasteiger partial charge < -0.3 is 21.1 Å². The van der Waals surface area contributed by atoms with Crippen LogP contribution in [-0.4, -0.2) is 47.0 Å². The third kappa shape index (κ3) is 5.07. The van der Waals surface area contributed by atoms with Crippen LogP contribution in [-0.2, 0) is 9.59 Å². The molecule has 0 unspecified atom stereocenters. The molecule has 0 spiro atoms. The molecule has 0 heterocycles. The zero-order valence-corrected chi connectivity index (χ0v) is 12.0. The van der Waals surface area contributed by atoms with Gasteiger partial charge in [-0.15, -0.1) is 0 Å². The zero-order valence-electron chi connectivity index (χ0n) is 12.0. The van der Waals surface area contributed by atoms with Crippen LogP contribution in [0.2, 0.25) is 0 Å². The van der Waals surface area contributed by atoms with Crippen LogP contribution in [0.3, 0.4) is 0 Å². The van der Waals surface area contributed by atoms with Crippen molar-refractivity contribution >= 4 is 17.9 Å². The van der Waals surface area contributed by atoms with Crippen LogP contribution in [0.4, 0.5) is 4.79 Å². The molecule has 1 aliphatic carbocycles. The van der Waals surface area contributed by atoms with E-state index in [4.69, 9.17) is 10.8 Å². The lowest BCUT2D eigenvalue weighted by Crippen LogP contribution is -2.48. The van der Waals surface area contributed by atoms with Gasteiger partial charge in [-0.25, -0.2) is 4.79 Å². The van der Waals surface area contributed by atoms with Gasteiger partial charge in [0.15, 0.2) is 0 Å². The Morgan fingerprint density at radius 1 is 1.35 bits per heavy atom. The number of nitrogens with zero attached hydrogens (tertiary/aromatic N) is 1. The number of carbonyl (C=O) groups is 3. The van der Waals surface area contributed by atoms with E-state index in [2.05, 4.69) is 5.32 Å². The molecule has 1 aliphatic rings. The molecule has 0 radical (unpaired) electrons. The van der Waals surface area contributed by atoms with Crippen molar-refractivity contribution in [2.45, 2.75) is 39.2 Å². The van der Waals surface area contributed by atoms with Gasteiger partial charge >= 0.3 is 12.0 Å². The summed E-state index contributed by atoms with van der Waals surface area (Å²) >= 11 is 0. The smallest absolute Gasteiger partial charge is 0.318 e. The Labute approximate surface area is 118 Å². The van der Waals surface area contributed by atoms with Crippen molar-refractivity contribution in [3.63, 3.8) is 0 Å². The molecule has 1 rings (SSSR count). The van der Waals surface area contributed by atoms with E-state index in [0.29, 0.717) is 25.8 Å². The van der Waals surface area contributed by atoms with E-state index in [1.807, 2.05) is 13.8 Å². The standard InChI is InChI=1S/C13H23N3O4/c1-8(2)6-16(7-11(14)17)13(20)15-10-4-3-9(5-10)12(18)19/h8-10H,3-7H2,1-2H3,(H2,14,17)(H,15,20)(H,18,19)/t9-,10+/m1/s1. The Morgan fingerprint density at radius 2 is 2.00 bits per heavy atom. The van der Waals surface area contributed by atoms with Crippen LogP contribution in [0.1, 0.15) is 33.1 Å². The molecule has 0 bridgehead atoms. The lowest BCUT2D eigenvalue weighted by molar-refractivity contribution is -0.141. The number of hydrogen-bond donors (Lipinski definition) is 3. The molecule has 0 aromatic heterocycles. The number of rotatable bonds is 6. The van der Waals surface area contributed by atoms with E-state index in [0.717, 1.165) is 0 Å². The summed E-state index contributed by atoms with van der Waals surface area (Å²) in [5.74, 6) is -1.56. The molecule has 7 nitrogen and oxygen atoms in total. The van der Waals surface area contributed by atoms with Gasteiger partial charge in [0, 0.05) is 12.6 Å². The predicted octanol–water partition coefficient (Wildman–Crippen LogP) is 0.393. The SMILES string of the molecule is CC(C)CN(CC(N)=O)C(=O)N[C@H]1CC[C@@H](C(=O)O)C1. The number of urea groups is 1. The summed E-state index contributed by atoms with van der Waals surface area (Å²) in [4.78, 5) is 35.4. The first-order chi connectivity index (χ1) is 9.29. The molecule has 0 aliphatic heterocycles. The van der Waals surface area contributed by atoms with Gasteiger partial charge in [0.05, 0.1) is 5.92 Å². The van der Waals surface area contributed by atoms with E-state index >= 15 is 0 Å². The molecule has 7 heteroatoms. The Morgan fingerprint density at radius 3 is 2.45 bits per heavy atom. The number of nitrogens with two attached hydrogens (primary N) is 1. The Bertz CT molecular complexity index is 384. The van der Waals surface area contributed by atoms with Gasteiger partial charge in [0.1, 0.15) is 6.54 Å². The second-order valence-electron chi connectivity index (χ2n) is 5.74. The first-order valence-corrected chi connectivity index (χ1v) is 6.86. The van der Waals surface area contributed by atoms with Gasteiger partial charge in [-0.1, -0.05) is 13.8 Å². The van der Waals surface area contributed by atoms with E-state index in [1.54, 1.807) is 0 Å². The Hall–Kier alpha value is -1.79. The number of nitrogens with one attached hydrogen (secondary N) is 1. The molecule has 1 saturated carbocycles. The summed E-state index contributed by atoms with van der Waals surface area (Å²) in [6.07, 6.45) is 1.65. The summed E-state index contributed by atoms with van der Waals surface area (Å²) in [5, 5.41) is 11.7. The number of amides is 3. The van der Waals surface area contributed by atoms with Gasteiger partial charge in [-0.3, -0.25) is 9.59 Å². The van der Waals surface area contributed by atoms with Crippen LogP contribution in [0.15, 0.2) is 0 Å². The highest BCUT2D eigenvalue weighted by atomic mass is 16.4. The minimum absolute atomic E-state index is 0.126. The van der Waals surface area contributed by atoms with E-state index in [-0.39, 0.29) is 24.5 Å². The van der Waals surface area contributed by atoms with E-state index in [1.165, 1.54) is 4.90 Å². The highest BCUT2D eigenvalue weighted by molar-refractivity contribution is 5.83. The van der Waals surface area contributed by atoms with Crippen LogP contribution in [0.5, 0.6) is 0 Å². The molecule has 20 heavy (non-hydrogen) atoms. The van der Waals surface area contributed by atoms with E-state index < -0.39 is 17.8 Å². The first-order valence-electron chi connectivity index (χ1n) is 6.86. The lowest BCUT2D eigenvalue weighted by atomic mass is 10.1. The molecule has 2 atom stereocenters. The predicted molar refractivity (Wildman–Crippen MR) is 72.9 cm³/mol. The molecular weight excluding hydrogens is 262 g/mol. The lowest BCUT2D eigenvalue weighted by Gasteiger charge is -2.25. The van der Waals surface area contributed by atoms with Gasteiger partial charge in [-0.05, 0) is 25.2 Å². The quantitative estimate of drug-likeness (QED) is 0.655. The van der Waals surface area contributed by atoms with Crippen molar-refractivity contribution in [3.8, 4) is 0 Å². The number of carboxylic acid groups (broad SMARTS) is 1. The number of aliphatic carboxylic acids is 1. The fourth-order valence-corrected chi connectivity index (χ4v) is 2.45. The van der Waals surface area contributed by atoms with Crippen LogP contribution >= 0.6 is 0 Å². The summed E-state index contributed by atoms with van der Waals surface area (Å²) in [6.45, 7) is 4.19. The normalized spacial score (nSPS) is 21.8. The van der Waals surface area contributed by atoms with Crippen LogP contribution < -0.4 is 11.1 Å². The maximum Gasteiger partial charge on any atom is 0.318 e. The average molecular weight is 285 g/mol. The molecule has 0 aromatic carbocycles. The highest BCUT2D eigenvalue weighted by Crippen LogP contribution is 2.25. The monoisotopic (exact) mass is 285 g/mol. The topological polar surface area (TPSA) is 113 Å². The maximum atomic E-state index is 12.1. The summed E-state index contributed by atoms with van der Waals surface area (Å²) in [7, 11) is 0. The second-order valence-corrected chi connectivity index (χ2v) is 5.74. The second kappa shape index (κ2) is 7.12. The molecule has 4 N–H and O–H groups in total. The fourth-order valence-electron chi connectivity index (χ4n) is 2.45. The molecule has 0 saturated heterocycles. The van der Waals surface area contributed by atoms with Gasteiger partial charge in [0.2, 0.25) is 5.91 Å². The molecule has 114 valence electrons. The number of carboxylic acids is 1. The number of carbonyl (C=O) groups excluding carboxylic acids is 2. The number of primary amides is 1. The summed E-state index contributed by atoms with van der Waals surface area (Å²) in [5.41, 5.74) is 5.14. The summed E-state index contributed by atoms with van der Waals surface area (Å²) in [6, 6.07) is -0.500. The molecule has 1 fully saturated rings. The fraction of sp³-hybridized carbons (Fsp3) is 0.769. The van der Waals surface area contributed by atoms with Crippen molar-refractivity contribution < 1.29 is 19.5 Å². The third-order valence-electron chi connectivity index (χ3n) is 3.33. The average Bonchev–Trinajstić information content (AvgIpc) is 2.75. The van der Waals surface area contributed by atoms with Crippen LogP contribution in [0.25, 0.3) is 0 Å². The molecular formula is C13H23N3O4. The highest BCUT2D eigenvalue weighted by Gasteiger charge is 2.31. The minimum Gasteiger partial charge on any atom is -0.481 e. The zero-order chi connectivity index (χ0) is 15.3. The molecule has 0 aromatic rings. The van der Waals surface area contributed by atoms with Gasteiger partial charge in [-0.2, -0.15) is 0 Å². The van der Waals surface area contributed by atoms with E-state index in [9.17, 15) is 14.4 Å². The minimum atomic E-state index is -0.821. The summed E-state index contributed by atoms with van der Waals surface area (Å²) < 4.78 is 0. The van der Waals surface area contributed by atoms with Crippen molar-refractivity contribution in [1.82, 2.24) is 10.2 Å². The maximum absolute atomic E-state index is 12.1.